The standard InChI is InChI=1S/C10H11F6N3/c11-9(12,13)5-1-2-6-17-8-4-3-7(18-19-8)10(14,15)16/h3-4H,1-2,5-6H2,(H,17,19). The lowest BCUT2D eigenvalue weighted by atomic mass is 10.2. The zero-order chi connectivity index (χ0) is 14.5. The zero-order valence-electron chi connectivity index (χ0n) is 9.65. The van der Waals surface area contributed by atoms with Crippen molar-refractivity contribution < 1.29 is 26.3 Å². The van der Waals surface area contributed by atoms with E-state index in [1.165, 1.54) is 0 Å². The zero-order valence-corrected chi connectivity index (χ0v) is 9.65. The maximum Gasteiger partial charge on any atom is 0.435 e. The minimum atomic E-state index is -4.56. The van der Waals surface area contributed by atoms with Gasteiger partial charge in [-0.05, 0) is 25.0 Å². The first kappa shape index (κ1) is 15.5. The summed E-state index contributed by atoms with van der Waals surface area (Å²) < 4.78 is 71.9. The van der Waals surface area contributed by atoms with E-state index in [2.05, 4.69) is 15.5 Å². The number of hydrogen-bond donors (Lipinski definition) is 1. The van der Waals surface area contributed by atoms with Crippen LogP contribution in [0.4, 0.5) is 32.2 Å². The number of aromatic nitrogens is 2. The number of nitrogens with one attached hydrogen (secondary N) is 1. The van der Waals surface area contributed by atoms with Crippen LogP contribution in [0.1, 0.15) is 25.0 Å². The summed E-state index contributed by atoms with van der Waals surface area (Å²) in [6.45, 7) is 0.191. The molecule has 1 rings (SSSR count). The summed E-state index contributed by atoms with van der Waals surface area (Å²) in [6, 6.07) is 1.84. The molecule has 0 unspecified atom stereocenters. The Morgan fingerprint density at radius 3 is 2.11 bits per heavy atom. The maximum atomic E-state index is 12.2. The summed E-state index contributed by atoms with van der Waals surface area (Å²) in [4.78, 5) is 0. The summed E-state index contributed by atoms with van der Waals surface area (Å²) in [5, 5.41) is 8.86. The second-order valence-corrected chi connectivity index (χ2v) is 3.80. The summed E-state index contributed by atoms with van der Waals surface area (Å²) in [5.74, 6) is 0.0972. The molecule has 19 heavy (non-hydrogen) atoms. The van der Waals surface area contributed by atoms with Gasteiger partial charge in [0.2, 0.25) is 0 Å². The molecule has 1 aromatic heterocycles. The molecule has 1 N–H and O–H groups in total. The van der Waals surface area contributed by atoms with Gasteiger partial charge in [-0.1, -0.05) is 0 Å². The highest BCUT2D eigenvalue weighted by molar-refractivity contribution is 5.33. The third-order valence-electron chi connectivity index (χ3n) is 2.15. The summed E-state index contributed by atoms with van der Waals surface area (Å²) in [7, 11) is 0. The second kappa shape index (κ2) is 6.07. The predicted octanol–water partition coefficient (Wildman–Crippen LogP) is 3.64. The number of unbranched alkanes of at least 4 members (excludes halogenated alkanes) is 1. The van der Waals surface area contributed by atoms with Crippen LogP contribution in [0.15, 0.2) is 12.1 Å². The number of alkyl halides is 6. The van der Waals surface area contributed by atoms with E-state index < -0.39 is 24.5 Å². The molecule has 0 radical (unpaired) electrons. The van der Waals surface area contributed by atoms with E-state index in [-0.39, 0.29) is 25.2 Å². The van der Waals surface area contributed by atoms with E-state index in [9.17, 15) is 26.3 Å². The van der Waals surface area contributed by atoms with Gasteiger partial charge >= 0.3 is 12.4 Å². The van der Waals surface area contributed by atoms with E-state index in [0.29, 0.717) is 0 Å². The summed E-state index contributed by atoms with van der Waals surface area (Å²) >= 11 is 0. The lowest BCUT2D eigenvalue weighted by molar-refractivity contribution is -0.141. The highest BCUT2D eigenvalue weighted by Gasteiger charge is 2.32. The van der Waals surface area contributed by atoms with Crippen molar-refractivity contribution in [2.75, 3.05) is 11.9 Å². The first-order chi connectivity index (χ1) is 8.68. The van der Waals surface area contributed by atoms with Gasteiger partial charge in [0, 0.05) is 13.0 Å². The van der Waals surface area contributed by atoms with Crippen LogP contribution in [0.2, 0.25) is 0 Å². The van der Waals surface area contributed by atoms with Gasteiger partial charge in [-0.25, -0.2) is 0 Å². The van der Waals surface area contributed by atoms with Gasteiger partial charge in [0.1, 0.15) is 5.82 Å². The van der Waals surface area contributed by atoms with E-state index in [1.807, 2.05) is 0 Å². The Balaban J connectivity index is 2.31. The molecule has 1 aromatic rings. The quantitative estimate of drug-likeness (QED) is 0.663. The van der Waals surface area contributed by atoms with Crippen molar-refractivity contribution in [3.05, 3.63) is 17.8 Å². The van der Waals surface area contributed by atoms with Crippen molar-refractivity contribution in [3.8, 4) is 0 Å². The van der Waals surface area contributed by atoms with E-state index in [4.69, 9.17) is 0 Å². The molecular weight excluding hydrogens is 276 g/mol. The van der Waals surface area contributed by atoms with Crippen LogP contribution in [0.25, 0.3) is 0 Å². The largest absolute Gasteiger partial charge is 0.435 e. The molecule has 0 aliphatic carbocycles. The first-order valence-electron chi connectivity index (χ1n) is 5.40. The topological polar surface area (TPSA) is 37.8 Å². The molecule has 0 saturated carbocycles. The molecule has 0 atom stereocenters. The van der Waals surface area contributed by atoms with Gasteiger partial charge in [0.15, 0.2) is 5.69 Å². The molecule has 0 fully saturated rings. The van der Waals surface area contributed by atoms with Gasteiger partial charge in [-0.3, -0.25) is 0 Å². The SMILES string of the molecule is FC(F)(F)CCCCNc1ccc(C(F)(F)F)nn1. The van der Waals surface area contributed by atoms with Crippen molar-refractivity contribution in [2.45, 2.75) is 31.6 Å². The van der Waals surface area contributed by atoms with Crippen LogP contribution in [0.5, 0.6) is 0 Å². The van der Waals surface area contributed by atoms with Gasteiger partial charge < -0.3 is 5.32 Å². The molecule has 0 aliphatic rings. The van der Waals surface area contributed by atoms with Crippen LogP contribution in [0.3, 0.4) is 0 Å². The molecule has 9 heteroatoms. The average Bonchev–Trinajstić information content (AvgIpc) is 2.26. The predicted molar refractivity (Wildman–Crippen MR) is 55.4 cm³/mol. The van der Waals surface area contributed by atoms with E-state index in [0.717, 1.165) is 12.1 Å². The van der Waals surface area contributed by atoms with E-state index >= 15 is 0 Å². The van der Waals surface area contributed by atoms with Crippen LogP contribution < -0.4 is 5.32 Å². The molecule has 3 nitrogen and oxygen atoms in total. The molecule has 0 aromatic carbocycles. The van der Waals surface area contributed by atoms with Gasteiger partial charge in [0.25, 0.3) is 0 Å². The average molecular weight is 287 g/mol. The highest BCUT2D eigenvalue weighted by Crippen LogP contribution is 2.27. The van der Waals surface area contributed by atoms with Crippen molar-refractivity contribution in [2.24, 2.45) is 0 Å². The van der Waals surface area contributed by atoms with Crippen LogP contribution in [0, 0.1) is 0 Å². The van der Waals surface area contributed by atoms with Gasteiger partial charge in [0.05, 0.1) is 0 Å². The Morgan fingerprint density at radius 2 is 1.63 bits per heavy atom. The Labute approximate surface area is 105 Å². The smallest absolute Gasteiger partial charge is 0.369 e. The molecule has 0 amide bonds. The molecule has 108 valence electrons. The summed E-state index contributed by atoms with van der Waals surface area (Å²) in [6.07, 6.45) is -9.44. The normalized spacial score (nSPS) is 12.5. The number of nitrogens with zero attached hydrogens (tertiary/aromatic N) is 2. The fourth-order valence-corrected chi connectivity index (χ4v) is 1.24. The third-order valence-corrected chi connectivity index (χ3v) is 2.15. The molecule has 1 heterocycles. The lowest BCUT2D eigenvalue weighted by Gasteiger charge is -2.08. The fourth-order valence-electron chi connectivity index (χ4n) is 1.24. The van der Waals surface area contributed by atoms with E-state index in [1.54, 1.807) is 0 Å². The Morgan fingerprint density at radius 1 is 0.947 bits per heavy atom. The molecule has 0 bridgehead atoms. The number of hydrogen-bond acceptors (Lipinski definition) is 3. The lowest BCUT2D eigenvalue weighted by Crippen LogP contribution is -2.11. The van der Waals surface area contributed by atoms with Crippen molar-refractivity contribution in [1.82, 2.24) is 10.2 Å². The molecule has 0 aliphatic heterocycles. The molecule has 0 spiro atoms. The van der Waals surface area contributed by atoms with Crippen molar-refractivity contribution >= 4 is 5.82 Å². The Hall–Kier alpha value is -1.54. The molecule has 0 saturated heterocycles. The van der Waals surface area contributed by atoms with Crippen LogP contribution in [-0.2, 0) is 6.18 Å². The number of anilines is 1. The highest BCUT2D eigenvalue weighted by atomic mass is 19.4. The van der Waals surface area contributed by atoms with Crippen molar-refractivity contribution in [1.29, 1.82) is 0 Å². The Kier molecular flexibility index (Phi) is 4.96. The number of rotatable bonds is 5. The monoisotopic (exact) mass is 287 g/mol. The minimum absolute atomic E-state index is 0.0510. The maximum absolute atomic E-state index is 12.2. The van der Waals surface area contributed by atoms with Gasteiger partial charge in [-0.15, -0.1) is 10.2 Å². The fraction of sp³-hybridized carbons (Fsp3) is 0.600. The van der Waals surface area contributed by atoms with Gasteiger partial charge in [-0.2, -0.15) is 26.3 Å². The van der Waals surface area contributed by atoms with Crippen LogP contribution >= 0.6 is 0 Å². The summed E-state index contributed by atoms with van der Waals surface area (Å²) in [5.41, 5.74) is -1.12. The van der Waals surface area contributed by atoms with Crippen molar-refractivity contribution in [3.63, 3.8) is 0 Å². The minimum Gasteiger partial charge on any atom is -0.369 e. The second-order valence-electron chi connectivity index (χ2n) is 3.80. The Bertz CT molecular complexity index is 384. The number of halogens is 6. The van der Waals surface area contributed by atoms with Crippen LogP contribution in [-0.4, -0.2) is 22.9 Å². The molecular formula is C10H11F6N3. The third kappa shape index (κ3) is 6.25. The first-order valence-corrected chi connectivity index (χ1v) is 5.40.